The highest BCUT2D eigenvalue weighted by Gasteiger charge is 1.90. The van der Waals surface area contributed by atoms with Gasteiger partial charge in [-0.1, -0.05) is 28.4 Å². The molecule has 0 aliphatic heterocycles. The van der Waals surface area contributed by atoms with Crippen molar-refractivity contribution in [3.05, 3.63) is 28.2 Å². The highest BCUT2D eigenvalue weighted by molar-refractivity contribution is 6.39. The Morgan fingerprint density at radius 1 is 1.00 bits per heavy atom. The highest BCUT2D eigenvalue weighted by atomic mass is 35.5. The van der Waals surface area contributed by atoms with Crippen molar-refractivity contribution in [2.75, 3.05) is 0 Å². The van der Waals surface area contributed by atoms with Gasteiger partial charge < -0.3 is 0 Å². The molecule has 9 heavy (non-hydrogen) atoms. The molecule has 0 unspecified atom stereocenters. The van der Waals surface area contributed by atoms with Crippen LogP contribution in [0.3, 0.4) is 0 Å². The lowest BCUT2D eigenvalue weighted by Crippen LogP contribution is -1.99. The molecule has 0 atom stereocenters. The van der Waals surface area contributed by atoms with Gasteiger partial charge in [-0.05, 0) is 18.2 Å². The third-order valence-corrected chi connectivity index (χ3v) is 2.02. The molecule has 0 aromatic heterocycles. The summed E-state index contributed by atoms with van der Waals surface area (Å²) < 4.78 is 0. The van der Waals surface area contributed by atoms with E-state index >= 15 is 0 Å². The predicted octanol–water partition coefficient (Wildman–Crippen LogP) is 0.984. The zero-order valence-corrected chi connectivity index (χ0v) is 8.50. The van der Waals surface area contributed by atoms with E-state index in [0.717, 1.165) is 20.3 Å². The molecule has 0 aliphatic rings. The van der Waals surface area contributed by atoms with Crippen LogP contribution in [0.2, 0.25) is 10.0 Å². The van der Waals surface area contributed by atoms with Gasteiger partial charge in [0.1, 0.15) is 0 Å². The van der Waals surface area contributed by atoms with E-state index in [2.05, 4.69) is 0 Å². The predicted molar refractivity (Wildman–Crippen MR) is 46.0 cm³/mol. The maximum Gasteiger partial charge on any atom is 0.0419 e. The quantitative estimate of drug-likeness (QED) is 0.518. The van der Waals surface area contributed by atoms with Crippen molar-refractivity contribution in [1.29, 1.82) is 0 Å². The fourth-order valence-corrected chi connectivity index (χ4v) is 2.31. The monoisotopic (exact) mass is 176 g/mol. The van der Waals surface area contributed by atoms with Gasteiger partial charge in [-0.25, -0.2) is 0 Å². The molecule has 3 heteroatoms. The van der Waals surface area contributed by atoms with Crippen LogP contribution in [0, 0.1) is 0 Å². The number of hydrogen-bond acceptors (Lipinski definition) is 0. The van der Waals surface area contributed by atoms with E-state index in [1.165, 1.54) is 5.19 Å². The average Bonchev–Trinajstić information content (AvgIpc) is 1.59. The normalized spacial score (nSPS) is 10.0. The second kappa shape index (κ2) is 2.73. The van der Waals surface area contributed by atoms with E-state index in [-0.39, 0.29) is 0 Å². The fourth-order valence-electron chi connectivity index (χ4n) is 0.692. The zero-order chi connectivity index (χ0) is 6.85. The second-order valence-corrected chi connectivity index (χ2v) is 3.97. The molecule has 0 aliphatic carbocycles. The minimum absolute atomic E-state index is 0.729. The molecule has 0 N–H and O–H groups in total. The maximum absolute atomic E-state index is 5.69. The average molecular weight is 177 g/mol. The fraction of sp³-hybridized carbons (Fsp3) is 0. The first-order chi connectivity index (χ1) is 4.18. The largest absolute Gasteiger partial charge is 0.0843 e. The molecule has 0 fully saturated rings. The SMILES string of the molecule is [SiH3]c1cc(Cl)cc(Cl)c1. The standard InChI is InChI=1S/C6H6Cl2Si/c7-4-1-5(8)3-6(9)2-4/h1-3H,9H3. The van der Waals surface area contributed by atoms with Crippen LogP contribution in [-0.4, -0.2) is 10.2 Å². The zero-order valence-electron chi connectivity index (χ0n) is 4.99. The van der Waals surface area contributed by atoms with Crippen LogP contribution in [0.15, 0.2) is 18.2 Å². The van der Waals surface area contributed by atoms with Gasteiger partial charge in [0.25, 0.3) is 0 Å². The molecular weight excluding hydrogens is 171 g/mol. The Balaban J connectivity index is 3.17. The van der Waals surface area contributed by atoms with Gasteiger partial charge in [-0.2, -0.15) is 0 Å². The summed E-state index contributed by atoms with van der Waals surface area (Å²) in [4.78, 5) is 0. The summed E-state index contributed by atoms with van der Waals surface area (Å²) in [6.45, 7) is 0. The number of rotatable bonds is 0. The van der Waals surface area contributed by atoms with E-state index < -0.39 is 0 Å². The van der Waals surface area contributed by atoms with E-state index in [0.29, 0.717) is 0 Å². The lowest BCUT2D eigenvalue weighted by atomic mass is 10.4. The van der Waals surface area contributed by atoms with Crippen LogP contribution in [0.1, 0.15) is 0 Å². The third kappa shape index (κ3) is 2.01. The molecule has 0 bridgehead atoms. The Morgan fingerprint density at radius 2 is 1.44 bits per heavy atom. The van der Waals surface area contributed by atoms with Crippen molar-refractivity contribution < 1.29 is 0 Å². The molecule has 1 aromatic rings. The first kappa shape index (κ1) is 7.13. The molecule has 0 saturated carbocycles. The molecule has 0 nitrogen and oxygen atoms in total. The van der Waals surface area contributed by atoms with Gasteiger partial charge in [-0.3, -0.25) is 0 Å². The smallest absolute Gasteiger partial charge is 0.0419 e. The number of halogens is 2. The molecule has 0 heterocycles. The Hall–Kier alpha value is 0.0169. The number of hydrogen-bond donors (Lipinski definition) is 0. The summed E-state index contributed by atoms with van der Waals surface area (Å²) in [5.74, 6) is 0. The van der Waals surface area contributed by atoms with Crippen molar-refractivity contribution >= 4 is 38.6 Å². The summed E-state index contributed by atoms with van der Waals surface area (Å²) in [6.07, 6.45) is 0. The molecular formula is C6H6Cl2Si. The van der Waals surface area contributed by atoms with Gasteiger partial charge in [0, 0.05) is 20.3 Å². The summed E-state index contributed by atoms with van der Waals surface area (Å²) >= 11 is 11.4. The minimum Gasteiger partial charge on any atom is -0.0843 e. The molecule has 0 spiro atoms. The molecule has 0 saturated heterocycles. The molecule has 0 amide bonds. The van der Waals surface area contributed by atoms with Gasteiger partial charge in [0.15, 0.2) is 0 Å². The van der Waals surface area contributed by atoms with Gasteiger partial charge in [0.05, 0.1) is 0 Å². The van der Waals surface area contributed by atoms with E-state index in [4.69, 9.17) is 23.2 Å². The molecule has 1 aromatic carbocycles. The van der Waals surface area contributed by atoms with Gasteiger partial charge >= 0.3 is 0 Å². The van der Waals surface area contributed by atoms with Crippen LogP contribution < -0.4 is 5.19 Å². The first-order valence-corrected chi connectivity index (χ1v) is 4.37. The topological polar surface area (TPSA) is 0 Å². The number of benzene rings is 1. The Kier molecular flexibility index (Phi) is 2.16. The second-order valence-electron chi connectivity index (χ2n) is 1.95. The van der Waals surface area contributed by atoms with Crippen LogP contribution >= 0.6 is 23.2 Å². The highest BCUT2D eigenvalue weighted by Crippen LogP contribution is 2.12. The van der Waals surface area contributed by atoms with Crippen molar-refractivity contribution in [1.82, 2.24) is 0 Å². The van der Waals surface area contributed by atoms with Crippen LogP contribution in [-0.2, 0) is 0 Å². The van der Waals surface area contributed by atoms with Gasteiger partial charge in [0.2, 0.25) is 0 Å². The van der Waals surface area contributed by atoms with E-state index in [1.54, 1.807) is 6.07 Å². The first-order valence-electron chi connectivity index (χ1n) is 2.61. The van der Waals surface area contributed by atoms with Gasteiger partial charge in [-0.15, -0.1) is 0 Å². The maximum atomic E-state index is 5.69. The minimum atomic E-state index is 0.729. The van der Waals surface area contributed by atoms with Crippen molar-refractivity contribution in [3.63, 3.8) is 0 Å². The van der Waals surface area contributed by atoms with E-state index in [1.807, 2.05) is 12.1 Å². The lowest BCUT2D eigenvalue weighted by molar-refractivity contribution is 1.76. The Labute approximate surface area is 67.2 Å². The van der Waals surface area contributed by atoms with Crippen molar-refractivity contribution in [2.45, 2.75) is 0 Å². The van der Waals surface area contributed by atoms with Crippen molar-refractivity contribution in [2.24, 2.45) is 0 Å². The molecule has 48 valence electrons. The Morgan fingerprint density at radius 3 is 1.78 bits per heavy atom. The van der Waals surface area contributed by atoms with Crippen molar-refractivity contribution in [3.8, 4) is 0 Å². The third-order valence-electron chi connectivity index (χ3n) is 1.01. The summed E-state index contributed by atoms with van der Waals surface area (Å²) in [6, 6.07) is 5.60. The Bertz CT molecular complexity index is 172. The van der Waals surface area contributed by atoms with Crippen LogP contribution in [0.4, 0.5) is 0 Å². The lowest BCUT2D eigenvalue weighted by Gasteiger charge is -1.93. The molecule has 1 rings (SSSR count). The van der Waals surface area contributed by atoms with E-state index in [9.17, 15) is 0 Å². The summed E-state index contributed by atoms with van der Waals surface area (Å²) in [5.41, 5.74) is 0. The van der Waals surface area contributed by atoms with Crippen LogP contribution in [0.5, 0.6) is 0 Å². The molecule has 0 radical (unpaired) electrons. The summed E-state index contributed by atoms with van der Waals surface area (Å²) in [5, 5.41) is 2.69. The van der Waals surface area contributed by atoms with Crippen LogP contribution in [0.25, 0.3) is 0 Å². The summed E-state index contributed by atoms with van der Waals surface area (Å²) in [7, 11) is 1.00.